The van der Waals surface area contributed by atoms with Gasteiger partial charge in [0.05, 0.1) is 19.6 Å². The number of nitrogen functional groups attached to an aromatic ring is 1. The first-order valence-electron chi connectivity index (χ1n) is 9.56. The predicted octanol–water partition coefficient (Wildman–Crippen LogP) is 3.76. The summed E-state index contributed by atoms with van der Waals surface area (Å²) in [5.74, 6) is 1.42. The summed E-state index contributed by atoms with van der Waals surface area (Å²) in [6.45, 7) is 2.55. The Labute approximate surface area is 184 Å². The second-order valence-corrected chi connectivity index (χ2v) is 6.67. The third kappa shape index (κ3) is 7.31. The van der Waals surface area contributed by atoms with Crippen molar-refractivity contribution in [2.45, 2.75) is 20.0 Å². The number of anilines is 3. The maximum atomic E-state index is 12.0. The molecule has 1 heterocycles. The van der Waals surface area contributed by atoms with Crippen LogP contribution in [0.4, 0.5) is 17.6 Å². The number of esters is 1. The molecular formula is C21H22ClN5O4. The predicted molar refractivity (Wildman–Crippen MR) is 116 cm³/mol. The van der Waals surface area contributed by atoms with Crippen LogP contribution in [0.25, 0.3) is 0 Å². The number of ether oxygens (including phenoxy) is 3. The van der Waals surface area contributed by atoms with Crippen LogP contribution in [0.3, 0.4) is 0 Å². The van der Waals surface area contributed by atoms with Crippen molar-refractivity contribution in [2.24, 2.45) is 0 Å². The van der Waals surface area contributed by atoms with E-state index in [2.05, 4.69) is 20.3 Å². The van der Waals surface area contributed by atoms with Gasteiger partial charge < -0.3 is 25.3 Å². The molecule has 0 atom stereocenters. The van der Waals surface area contributed by atoms with Gasteiger partial charge in [0, 0.05) is 10.7 Å². The van der Waals surface area contributed by atoms with E-state index in [1.165, 1.54) is 0 Å². The summed E-state index contributed by atoms with van der Waals surface area (Å²) < 4.78 is 16.1. The number of nitrogens with one attached hydrogen (secondary N) is 1. The summed E-state index contributed by atoms with van der Waals surface area (Å²) in [5, 5.41) is 3.60. The number of rotatable bonds is 10. The molecule has 3 aromatic rings. The monoisotopic (exact) mass is 443 g/mol. The molecule has 0 aliphatic rings. The van der Waals surface area contributed by atoms with Gasteiger partial charge in [-0.3, -0.25) is 4.79 Å². The van der Waals surface area contributed by atoms with E-state index < -0.39 is 5.97 Å². The molecule has 0 saturated carbocycles. The van der Waals surface area contributed by atoms with Gasteiger partial charge >= 0.3 is 5.97 Å². The van der Waals surface area contributed by atoms with Crippen LogP contribution in [-0.2, 0) is 16.1 Å². The van der Waals surface area contributed by atoms with Gasteiger partial charge in [-0.25, -0.2) is 0 Å². The molecule has 0 aliphatic heterocycles. The summed E-state index contributed by atoms with van der Waals surface area (Å²) in [7, 11) is 0. The molecular weight excluding hydrogens is 422 g/mol. The van der Waals surface area contributed by atoms with E-state index in [1.807, 2.05) is 6.92 Å². The SMILES string of the molecule is CCOc1ccc(OCCC(=O)OCc2nc(N)nc(Nc3ccc(Cl)cc3)n2)cc1. The molecule has 0 amide bonds. The van der Waals surface area contributed by atoms with Gasteiger partial charge in [0.15, 0.2) is 12.4 Å². The van der Waals surface area contributed by atoms with Crippen LogP contribution in [-0.4, -0.2) is 34.1 Å². The lowest BCUT2D eigenvalue weighted by molar-refractivity contribution is -0.145. The van der Waals surface area contributed by atoms with Gasteiger partial charge in [0.2, 0.25) is 11.9 Å². The lowest BCUT2D eigenvalue weighted by atomic mass is 10.3. The van der Waals surface area contributed by atoms with Crippen molar-refractivity contribution in [1.82, 2.24) is 15.0 Å². The quantitative estimate of drug-likeness (QED) is 0.451. The Bertz CT molecular complexity index is 1000. The van der Waals surface area contributed by atoms with E-state index in [1.54, 1.807) is 48.5 Å². The minimum Gasteiger partial charge on any atom is -0.494 e. The topological polar surface area (TPSA) is 121 Å². The first kappa shape index (κ1) is 22.1. The van der Waals surface area contributed by atoms with Gasteiger partial charge in [-0.1, -0.05) is 11.6 Å². The number of carbonyl (C=O) groups is 1. The zero-order valence-corrected chi connectivity index (χ0v) is 17.6. The Morgan fingerprint density at radius 2 is 1.68 bits per heavy atom. The van der Waals surface area contributed by atoms with Gasteiger partial charge in [-0.2, -0.15) is 15.0 Å². The van der Waals surface area contributed by atoms with E-state index in [0.717, 1.165) is 11.4 Å². The van der Waals surface area contributed by atoms with Crippen LogP contribution in [0.1, 0.15) is 19.2 Å². The molecule has 0 unspecified atom stereocenters. The molecule has 162 valence electrons. The minimum atomic E-state index is -0.447. The molecule has 0 radical (unpaired) electrons. The van der Waals surface area contributed by atoms with Crippen LogP contribution < -0.4 is 20.5 Å². The zero-order valence-electron chi connectivity index (χ0n) is 16.9. The highest BCUT2D eigenvalue weighted by molar-refractivity contribution is 6.30. The minimum absolute atomic E-state index is 0.0105. The highest BCUT2D eigenvalue weighted by Crippen LogP contribution is 2.18. The first-order valence-corrected chi connectivity index (χ1v) is 9.94. The second-order valence-electron chi connectivity index (χ2n) is 6.23. The summed E-state index contributed by atoms with van der Waals surface area (Å²) in [6, 6.07) is 14.2. The maximum Gasteiger partial charge on any atom is 0.309 e. The van der Waals surface area contributed by atoms with Crippen molar-refractivity contribution in [3.63, 3.8) is 0 Å². The van der Waals surface area contributed by atoms with E-state index >= 15 is 0 Å². The Morgan fingerprint density at radius 3 is 2.35 bits per heavy atom. The fourth-order valence-corrected chi connectivity index (χ4v) is 2.61. The Kier molecular flexibility index (Phi) is 7.83. The molecule has 1 aromatic heterocycles. The Morgan fingerprint density at radius 1 is 1.00 bits per heavy atom. The largest absolute Gasteiger partial charge is 0.494 e. The van der Waals surface area contributed by atoms with Crippen molar-refractivity contribution >= 4 is 35.2 Å². The number of benzene rings is 2. The van der Waals surface area contributed by atoms with Crippen LogP contribution >= 0.6 is 11.6 Å². The average molecular weight is 444 g/mol. The summed E-state index contributed by atoms with van der Waals surface area (Å²) in [6.07, 6.45) is 0.0731. The number of halogens is 1. The van der Waals surface area contributed by atoms with Crippen molar-refractivity contribution in [3.05, 3.63) is 59.4 Å². The molecule has 3 rings (SSSR count). The van der Waals surface area contributed by atoms with E-state index in [4.69, 9.17) is 31.5 Å². The summed E-state index contributed by atoms with van der Waals surface area (Å²) in [5.41, 5.74) is 6.45. The van der Waals surface area contributed by atoms with Crippen LogP contribution in [0.5, 0.6) is 11.5 Å². The van der Waals surface area contributed by atoms with Crippen LogP contribution in [0, 0.1) is 0 Å². The number of aromatic nitrogens is 3. The highest BCUT2D eigenvalue weighted by atomic mass is 35.5. The molecule has 9 nitrogen and oxygen atoms in total. The second kappa shape index (κ2) is 11.0. The van der Waals surface area contributed by atoms with Gasteiger partial charge in [-0.15, -0.1) is 0 Å². The van der Waals surface area contributed by atoms with Crippen molar-refractivity contribution in [2.75, 3.05) is 24.3 Å². The van der Waals surface area contributed by atoms with Crippen molar-refractivity contribution < 1.29 is 19.0 Å². The molecule has 0 bridgehead atoms. The van der Waals surface area contributed by atoms with Gasteiger partial charge in [-0.05, 0) is 55.5 Å². The summed E-state index contributed by atoms with van der Waals surface area (Å²) in [4.78, 5) is 24.2. The number of hydrogen-bond acceptors (Lipinski definition) is 9. The zero-order chi connectivity index (χ0) is 22.1. The van der Waals surface area contributed by atoms with E-state index in [-0.39, 0.29) is 37.4 Å². The molecule has 0 fully saturated rings. The molecule has 3 N–H and O–H groups in total. The normalized spacial score (nSPS) is 10.4. The Balaban J connectivity index is 1.46. The van der Waals surface area contributed by atoms with Gasteiger partial charge in [0.25, 0.3) is 0 Å². The third-order valence-electron chi connectivity index (χ3n) is 3.87. The van der Waals surface area contributed by atoms with E-state index in [9.17, 15) is 4.79 Å². The molecule has 0 spiro atoms. The molecule has 31 heavy (non-hydrogen) atoms. The third-order valence-corrected chi connectivity index (χ3v) is 4.12. The summed E-state index contributed by atoms with van der Waals surface area (Å²) >= 11 is 5.87. The number of carbonyl (C=O) groups excluding carboxylic acids is 1. The lowest BCUT2D eigenvalue weighted by Crippen LogP contribution is -2.13. The molecule has 0 saturated heterocycles. The smallest absolute Gasteiger partial charge is 0.309 e. The van der Waals surface area contributed by atoms with Crippen molar-refractivity contribution in [1.29, 1.82) is 0 Å². The molecule has 0 aliphatic carbocycles. The maximum absolute atomic E-state index is 12.0. The number of nitrogens with two attached hydrogens (primary N) is 1. The number of nitrogens with zero attached hydrogens (tertiary/aromatic N) is 3. The van der Waals surface area contributed by atoms with Crippen LogP contribution in [0.15, 0.2) is 48.5 Å². The lowest BCUT2D eigenvalue weighted by Gasteiger charge is -2.09. The molecule has 2 aromatic carbocycles. The fourth-order valence-electron chi connectivity index (χ4n) is 2.49. The van der Waals surface area contributed by atoms with Crippen LogP contribution in [0.2, 0.25) is 5.02 Å². The standard InChI is InChI=1S/C21H22ClN5O4/c1-2-29-16-7-9-17(10-8-16)30-12-11-19(28)31-13-18-25-20(23)27-21(26-18)24-15-5-3-14(22)4-6-15/h3-10H,2,11-13H2,1H3,(H3,23,24,25,26,27). The van der Waals surface area contributed by atoms with Gasteiger partial charge in [0.1, 0.15) is 11.5 Å². The highest BCUT2D eigenvalue weighted by Gasteiger charge is 2.09. The Hall–Kier alpha value is -3.59. The van der Waals surface area contributed by atoms with E-state index in [0.29, 0.717) is 17.4 Å². The first-order chi connectivity index (χ1) is 15.0. The van der Waals surface area contributed by atoms with Crippen molar-refractivity contribution in [3.8, 4) is 11.5 Å². The molecule has 10 heteroatoms. The number of hydrogen-bond donors (Lipinski definition) is 2. The fraction of sp³-hybridized carbons (Fsp3) is 0.238. The average Bonchev–Trinajstić information content (AvgIpc) is 2.75.